The van der Waals surface area contributed by atoms with Crippen molar-refractivity contribution in [2.45, 2.75) is 13.3 Å². The molecule has 1 aliphatic rings. The molecule has 6 nitrogen and oxygen atoms in total. The second-order valence-corrected chi connectivity index (χ2v) is 4.70. The summed E-state index contributed by atoms with van der Waals surface area (Å²) < 4.78 is 0. The average Bonchev–Trinajstić information content (AvgIpc) is 2.85. The van der Waals surface area contributed by atoms with Gasteiger partial charge in [0.25, 0.3) is 0 Å². The molecule has 0 spiro atoms. The number of benzene rings is 1. The number of nitrogens with zero attached hydrogens (tertiary/aromatic N) is 2. The summed E-state index contributed by atoms with van der Waals surface area (Å²) in [5.41, 5.74) is 0.167. The molecule has 6 heteroatoms. The van der Waals surface area contributed by atoms with Gasteiger partial charge in [0.1, 0.15) is 0 Å². The minimum atomic E-state index is -1.06. The minimum absolute atomic E-state index is 0.0833. The summed E-state index contributed by atoms with van der Waals surface area (Å²) in [5.74, 6) is -2.13. The number of carboxylic acids is 2. The van der Waals surface area contributed by atoms with E-state index in [2.05, 4.69) is 36.2 Å². The monoisotopic (exact) mass is 292 g/mol. The third kappa shape index (κ3) is 5.56. The Morgan fingerprint density at radius 1 is 1.05 bits per heavy atom. The molecule has 0 radical (unpaired) electrons. The zero-order valence-corrected chi connectivity index (χ0v) is 12.2. The molecule has 0 bridgehead atoms. The van der Waals surface area contributed by atoms with Crippen LogP contribution in [0.2, 0.25) is 0 Å². The molecule has 0 saturated heterocycles. The second kappa shape index (κ2) is 7.94. The highest BCUT2D eigenvalue weighted by molar-refractivity contribution is 5.91. The van der Waals surface area contributed by atoms with Crippen molar-refractivity contribution in [1.29, 1.82) is 0 Å². The van der Waals surface area contributed by atoms with Crippen molar-refractivity contribution >= 4 is 11.9 Å². The van der Waals surface area contributed by atoms with E-state index in [9.17, 15) is 9.59 Å². The number of rotatable bonds is 4. The Hall–Kier alpha value is -2.50. The first kappa shape index (κ1) is 16.6. The molecular weight excluding hydrogens is 272 g/mol. The molecule has 2 N–H and O–H groups in total. The number of aromatic carboxylic acids is 2. The van der Waals surface area contributed by atoms with Gasteiger partial charge in [-0.2, -0.15) is 0 Å². The summed E-state index contributed by atoms with van der Waals surface area (Å²) in [6, 6.07) is 5.02. The Labute approximate surface area is 123 Å². The van der Waals surface area contributed by atoms with Crippen LogP contribution >= 0.6 is 0 Å². The largest absolute Gasteiger partial charge is 0.478 e. The Morgan fingerprint density at radius 2 is 1.52 bits per heavy atom. The van der Waals surface area contributed by atoms with Gasteiger partial charge >= 0.3 is 11.9 Å². The van der Waals surface area contributed by atoms with Crippen LogP contribution in [0.3, 0.4) is 0 Å². The van der Waals surface area contributed by atoms with Crippen LogP contribution in [0.25, 0.3) is 0 Å². The van der Waals surface area contributed by atoms with Gasteiger partial charge in [-0.1, -0.05) is 6.92 Å². The molecule has 114 valence electrons. The van der Waals surface area contributed by atoms with Gasteiger partial charge in [0, 0.05) is 26.0 Å². The predicted octanol–water partition coefficient (Wildman–Crippen LogP) is 2.16. The lowest BCUT2D eigenvalue weighted by molar-refractivity contribution is 0.0681. The van der Waals surface area contributed by atoms with Crippen molar-refractivity contribution in [2.75, 3.05) is 20.3 Å². The quantitative estimate of drug-likeness (QED) is 0.885. The first-order valence-corrected chi connectivity index (χ1v) is 6.63. The van der Waals surface area contributed by atoms with Crippen LogP contribution in [-0.2, 0) is 0 Å². The van der Waals surface area contributed by atoms with E-state index in [4.69, 9.17) is 10.2 Å². The zero-order chi connectivity index (χ0) is 15.8. The molecule has 1 aliphatic heterocycles. The molecule has 1 aromatic carbocycles. The lowest BCUT2D eigenvalue weighted by Gasteiger charge is -2.16. The standard InChI is InChI=1S/C8H6O4.C7H14N2/c9-7(10)5-1-2-6(4-3-5)8(11)12;1-3-4-9-6-5-8(2)7-9/h1-4H,(H,9,10)(H,11,12);5-6H,3-4,7H2,1-2H3. The lowest BCUT2D eigenvalue weighted by atomic mass is 10.1. The maximum Gasteiger partial charge on any atom is 0.335 e. The molecule has 0 saturated carbocycles. The predicted molar refractivity (Wildman–Crippen MR) is 79.1 cm³/mol. The molecule has 2 rings (SSSR count). The SMILES string of the molecule is CCCN1C=CN(C)C1.O=C(O)c1ccc(C(=O)O)cc1. The zero-order valence-electron chi connectivity index (χ0n) is 12.2. The number of hydrogen-bond acceptors (Lipinski definition) is 4. The third-order valence-corrected chi connectivity index (χ3v) is 2.83. The smallest absolute Gasteiger partial charge is 0.335 e. The molecular formula is C15H20N2O4. The van der Waals surface area contributed by atoms with Gasteiger partial charge in [-0.25, -0.2) is 9.59 Å². The highest BCUT2D eigenvalue weighted by atomic mass is 16.4. The maximum atomic E-state index is 10.3. The normalized spacial score (nSPS) is 12.9. The molecule has 1 aromatic rings. The highest BCUT2D eigenvalue weighted by Gasteiger charge is 2.05. The molecule has 21 heavy (non-hydrogen) atoms. The van der Waals surface area contributed by atoms with Gasteiger partial charge < -0.3 is 20.0 Å². The van der Waals surface area contributed by atoms with Crippen LogP contribution in [0, 0.1) is 0 Å². The van der Waals surface area contributed by atoms with E-state index in [1.165, 1.54) is 37.2 Å². The van der Waals surface area contributed by atoms with Gasteiger partial charge in [0.15, 0.2) is 0 Å². The number of hydrogen-bond donors (Lipinski definition) is 2. The summed E-state index contributed by atoms with van der Waals surface area (Å²) >= 11 is 0. The van der Waals surface area contributed by atoms with Crippen LogP contribution in [0.5, 0.6) is 0 Å². The molecule has 0 fully saturated rings. The van der Waals surface area contributed by atoms with E-state index in [1.807, 2.05) is 0 Å². The molecule has 1 heterocycles. The summed E-state index contributed by atoms with van der Waals surface area (Å²) in [6.45, 7) is 4.45. The van der Waals surface area contributed by atoms with E-state index in [0.717, 1.165) is 6.67 Å². The topological polar surface area (TPSA) is 81.1 Å². The molecule has 0 amide bonds. The van der Waals surface area contributed by atoms with Crippen LogP contribution in [0.15, 0.2) is 36.7 Å². The van der Waals surface area contributed by atoms with E-state index in [1.54, 1.807) is 0 Å². The third-order valence-electron chi connectivity index (χ3n) is 2.83. The van der Waals surface area contributed by atoms with E-state index >= 15 is 0 Å². The van der Waals surface area contributed by atoms with E-state index < -0.39 is 11.9 Å². The Kier molecular flexibility index (Phi) is 6.26. The second-order valence-electron chi connectivity index (χ2n) is 4.70. The Morgan fingerprint density at radius 3 is 1.81 bits per heavy atom. The molecule has 0 aromatic heterocycles. The fraction of sp³-hybridized carbons (Fsp3) is 0.333. The van der Waals surface area contributed by atoms with Crippen molar-refractivity contribution in [3.05, 3.63) is 47.8 Å². The summed E-state index contributed by atoms with van der Waals surface area (Å²) in [4.78, 5) is 25.2. The van der Waals surface area contributed by atoms with Gasteiger partial charge in [-0.05, 0) is 30.7 Å². The number of carbonyl (C=O) groups is 2. The van der Waals surface area contributed by atoms with Crippen molar-refractivity contribution in [3.63, 3.8) is 0 Å². The average molecular weight is 292 g/mol. The highest BCUT2D eigenvalue weighted by Crippen LogP contribution is 2.04. The first-order valence-electron chi connectivity index (χ1n) is 6.63. The van der Waals surface area contributed by atoms with Crippen molar-refractivity contribution in [2.24, 2.45) is 0 Å². The van der Waals surface area contributed by atoms with Crippen molar-refractivity contribution in [1.82, 2.24) is 9.80 Å². The van der Waals surface area contributed by atoms with Gasteiger partial charge in [-0.15, -0.1) is 0 Å². The first-order chi connectivity index (χ1) is 9.93. The van der Waals surface area contributed by atoms with Crippen LogP contribution in [-0.4, -0.2) is 52.2 Å². The fourth-order valence-electron chi connectivity index (χ4n) is 1.78. The van der Waals surface area contributed by atoms with Crippen LogP contribution in [0.1, 0.15) is 34.1 Å². The Balaban J connectivity index is 0.000000219. The van der Waals surface area contributed by atoms with Gasteiger partial charge in [-0.3, -0.25) is 0 Å². The van der Waals surface area contributed by atoms with Gasteiger partial charge in [0.05, 0.1) is 17.8 Å². The van der Waals surface area contributed by atoms with Crippen molar-refractivity contribution in [3.8, 4) is 0 Å². The summed E-state index contributed by atoms with van der Waals surface area (Å²) in [7, 11) is 2.09. The van der Waals surface area contributed by atoms with Crippen LogP contribution < -0.4 is 0 Å². The summed E-state index contributed by atoms with van der Waals surface area (Å²) in [5, 5.41) is 16.9. The maximum absolute atomic E-state index is 10.3. The summed E-state index contributed by atoms with van der Waals surface area (Å²) in [6.07, 6.45) is 5.48. The lowest BCUT2D eigenvalue weighted by Crippen LogP contribution is -2.22. The van der Waals surface area contributed by atoms with Crippen molar-refractivity contribution < 1.29 is 19.8 Å². The molecule has 0 unspecified atom stereocenters. The fourth-order valence-corrected chi connectivity index (χ4v) is 1.78. The Bertz CT molecular complexity index is 478. The molecule has 0 atom stereocenters. The van der Waals surface area contributed by atoms with E-state index in [-0.39, 0.29) is 11.1 Å². The van der Waals surface area contributed by atoms with Crippen LogP contribution in [0.4, 0.5) is 0 Å². The minimum Gasteiger partial charge on any atom is -0.478 e. The molecule has 0 aliphatic carbocycles. The number of carboxylic acid groups (broad SMARTS) is 2. The van der Waals surface area contributed by atoms with E-state index in [0.29, 0.717) is 0 Å². The van der Waals surface area contributed by atoms with Gasteiger partial charge in [0.2, 0.25) is 0 Å².